The molecule has 0 aliphatic carbocycles. The van der Waals surface area contributed by atoms with Crippen molar-refractivity contribution in [1.82, 2.24) is 4.31 Å². The minimum absolute atomic E-state index is 0.122. The summed E-state index contributed by atoms with van der Waals surface area (Å²) in [5.41, 5.74) is 0.986. The molecule has 0 bridgehead atoms. The molecule has 1 heterocycles. The van der Waals surface area contributed by atoms with Crippen LogP contribution in [0.5, 0.6) is 0 Å². The smallest absolute Gasteiger partial charge is 0.243 e. The van der Waals surface area contributed by atoms with Gasteiger partial charge in [0.25, 0.3) is 0 Å². The maximum Gasteiger partial charge on any atom is 0.243 e. The Kier molecular flexibility index (Phi) is 5.64. The predicted octanol–water partition coefficient (Wildman–Crippen LogP) is 2.87. The maximum absolute atomic E-state index is 12.9. The molecule has 0 aromatic heterocycles. The van der Waals surface area contributed by atoms with Gasteiger partial charge in [0.15, 0.2) is 0 Å². The number of nitrogens with one attached hydrogen (secondary N) is 1. The second-order valence-corrected chi connectivity index (χ2v) is 8.89. The fourth-order valence-corrected chi connectivity index (χ4v) is 4.27. The van der Waals surface area contributed by atoms with Gasteiger partial charge in [-0.25, -0.2) is 8.42 Å². The van der Waals surface area contributed by atoms with E-state index in [1.165, 1.54) is 16.4 Å². The Hall–Kier alpha value is -2.22. The van der Waals surface area contributed by atoms with E-state index in [2.05, 4.69) is 5.32 Å². The molecule has 6 nitrogen and oxygen atoms in total. The number of carbonyl (C=O) groups excluding carboxylic acids is 1. The number of nitrogens with zero attached hydrogens (tertiary/aromatic N) is 1. The molecule has 1 aliphatic heterocycles. The number of hydrogen-bond donors (Lipinski definition) is 1. The topological polar surface area (TPSA) is 75.7 Å². The van der Waals surface area contributed by atoms with Crippen LogP contribution in [0.25, 0.3) is 0 Å². The summed E-state index contributed by atoms with van der Waals surface area (Å²) < 4.78 is 32.4. The lowest BCUT2D eigenvalue weighted by molar-refractivity contribution is -0.151. The van der Waals surface area contributed by atoms with Gasteiger partial charge in [0, 0.05) is 18.8 Å². The average molecular weight is 388 g/mol. The third-order valence-electron chi connectivity index (χ3n) is 4.69. The Morgan fingerprint density at radius 3 is 2.26 bits per heavy atom. The summed E-state index contributed by atoms with van der Waals surface area (Å²) in [5, 5.41) is 2.82. The molecule has 0 atom stereocenters. The summed E-state index contributed by atoms with van der Waals surface area (Å²) in [6.45, 7) is 5.14. The molecule has 1 saturated heterocycles. The van der Waals surface area contributed by atoms with Gasteiger partial charge in [-0.15, -0.1) is 0 Å². The van der Waals surface area contributed by atoms with Gasteiger partial charge in [0.05, 0.1) is 23.5 Å². The van der Waals surface area contributed by atoms with Crippen molar-refractivity contribution < 1.29 is 17.9 Å². The lowest BCUT2D eigenvalue weighted by atomic mass is 9.87. The summed E-state index contributed by atoms with van der Waals surface area (Å²) >= 11 is 0. The van der Waals surface area contributed by atoms with Gasteiger partial charge in [-0.1, -0.05) is 37.3 Å². The normalized spacial score (nSPS) is 16.0. The van der Waals surface area contributed by atoms with Crippen molar-refractivity contribution in [1.29, 1.82) is 0 Å². The Morgan fingerprint density at radius 1 is 1.11 bits per heavy atom. The zero-order chi connectivity index (χ0) is 19.5. The first-order chi connectivity index (χ1) is 12.8. The van der Waals surface area contributed by atoms with Gasteiger partial charge in [0.1, 0.15) is 0 Å². The third kappa shape index (κ3) is 4.21. The van der Waals surface area contributed by atoms with Crippen LogP contribution in [0.15, 0.2) is 59.5 Å². The summed E-state index contributed by atoms with van der Waals surface area (Å²) in [6, 6.07) is 15.8. The first kappa shape index (κ1) is 19.5. The lowest BCUT2D eigenvalue weighted by Crippen LogP contribution is -2.49. The molecule has 0 unspecified atom stereocenters. The molecule has 2 aromatic carbocycles. The highest BCUT2D eigenvalue weighted by Crippen LogP contribution is 2.28. The number of hydrogen-bond acceptors (Lipinski definition) is 4. The van der Waals surface area contributed by atoms with E-state index in [0.29, 0.717) is 32.0 Å². The van der Waals surface area contributed by atoms with Crippen LogP contribution >= 0.6 is 0 Å². The van der Waals surface area contributed by atoms with Gasteiger partial charge < -0.3 is 10.1 Å². The fraction of sp³-hybridized carbons (Fsp3) is 0.350. The van der Waals surface area contributed by atoms with Crippen LogP contribution in [0.4, 0.5) is 5.69 Å². The Labute approximate surface area is 160 Å². The van der Waals surface area contributed by atoms with E-state index >= 15 is 0 Å². The molecule has 7 heteroatoms. The minimum atomic E-state index is -3.62. The van der Waals surface area contributed by atoms with Crippen LogP contribution < -0.4 is 5.32 Å². The molecule has 3 rings (SSSR count). The molecular formula is C20H24N2O4S. The van der Waals surface area contributed by atoms with Crippen molar-refractivity contribution in [2.45, 2.75) is 25.3 Å². The van der Waals surface area contributed by atoms with Crippen molar-refractivity contribution in [3.8, 4) is 0 Å². The predicted molar refractivity (Wildman–Crippen MR) is 104 cm³/mol. The summed E-state index contributed by atoms with van der Waals surface area (Å²) in [6.07, 6.45) is 0. The van der Waals surface area contributed by atoms with Crippen molar-refractivity contribution in [3.63, 3.8) is 0 Å². The zero-order valence-corrected chi connectivity index (χ0v) is 16.3. The second-order valence-electron chi connectivity index (χ2n) is 6.95. The molecule has 0 spiro atoms. The van der Waals surface area contributed by atoms with Crippen LogP contribution in [0.2, 0.25) is 0 Å². The Morgan fingerprint density at radius 2 is 1.74 bits per heavy atom. The minimum Gasteiger partial charge on any atom is -0.379 e. The summed E-state index contributed by atoms with van der Waals surface area (Å²) in [4.78, 5) is 12.4. The van der Waals surface area contributed by atoms with Crippen LogP contribution in [0.3, 0.4) is 0 Å². The number of rotatable bonds is 7. The molecule has 1 fully saturated rings. The van der Waals surface area contributed by atoms with Gasteiger partial charge in [-0.3, -0.25) is 4.79 Å². The van der Waals surface area contributed by atoms with Crippen molar-refractivity contribution in [2.24, 2.45) is 5.41 Å². The summed E-state index contributed by atoms with van der Waals surface area (Å²) in [5.74, 6) is -0.122. The van der Waals surface area contributed by atoms with Gasteiger partial charge >= 0.3 is 0 Å². The maximum atomic E-state index is 12.9. The molecule has 1 N–H and O–H groups in total. The van der Waals surface area contributed by atoms with Crippen molar-refractivity contribution in [2.75, 3.05) is 25.1 Å². The molecule has 0 radical (unpaired) electrons. The number of ether oxygens (including phenoxy) is 1. The van der Waals surface area contributed by atoms with Gasteiger partial charge in [0.2, 0.25) is 15.9 Å². The number of amides is 1. The Bertz CT molecular complexity index is 891. The molecule has 1 aliphatic rings. The first-order valence-electron chi connectivity index (χ1n) is 8.88. The standard InChI is InChI=1S/C20H24N2O4S/c1-3-22(13-16-7-5-4-6-8-16)27(24,25)18-11-9-17(10-12-18)21-19(23)20(2)14-26-15-20/h4-12H,3,13-15H2,1-2H3,(H,21,23). The van der Waals surface area contributed by atoms with E-state index in [1.54, 1.807) is 12.1 Å². The zero-order valence-electron chi connectivity index (χ0n) is 15.5. The average Bonchev–Trinajstić information content (AvgIpc) is 2.65. The molecule has 0 saturated carbocycles. The van der Waals surface area contributed by atoms with Crippen molar-refractivity contribution >= 4 is 21.6 Å². The molecule has 27 heavy (non-hydrogen) atoms. The second kappa shape index (κ2) is 7.80. The van der Waals surface area contributed by atoms with Gasteiger partial charge in [-0.2, -0.15) is 4.31 Å². The van der Waals surface area contributed by atoms with E-state index in [9.17, 15) is 13.2 Å². The quantitative estimate of drug-likeness (QED) is 0.791. The highest BCUT2D eigenvalue weighted by Gasteiger charge is 2.41. The van der Waals surface area contributed by atoms with Crippen molar-refractivity contribution in [3.05, 3.63) is 60.2 Å². The largest absolute Gasteiger partial charge is 0.379 e. The highest BCUT2D eigenvalue weighted by molar-refractivity contribution is 7.89. The Balaban J connectivity index is 1.73. The van der Waals surface area contributed by atoms with E-state index < -0.39 is 15.4 Å². The fourth-order valence-electron chi connectivity index (χ4n) is 2.83. The monoisotopic (exact) mass is 388 g/mol. The van der Waals surface area contributed by atoms with E-state index in [4.69, 9.17) is 4.74 Å². The summed E-state index contributed by atoms with van der Waals surface area (Å²) in [7, 11) is -3.62. The number of carbonyl (C=O) groups is 1. The number of benzene rings is 2. The highest BCUT2D eigenvalue weighted by atomic mass is 32.2. The number of sulfonamides is 1. The van der Waals surface area contributed by atoms with Crippen LogP contribution in [-0.2, 0) is 26.1 Å². The SMILES string of the molecule is CCN(Cc1ccccc1)S(=O)(=O)c1ccc(NC(=O)C2(C)COC2)cc1. The molecule has 144 valence electrons. The molecular weight excluding hydrogens is 364 g/mol. The molecule has 1 amide bonds. The lowest BCUT2D eigenvalue weighted by Gasteiger charge is -2.36. The first-order valence-corrected chi connectivity index (χ1v) is 10.3. The van der Waals surface area contributed by atoms with E-state index in [1.807, 2.05) is 44.2 Å². The van der Waals surface area contributed by atoms with E-state index in [0.717, 1.165) is 5.56 Å². The van der Waals surface area contributed by atoms with Crippen LogP contribution in [0.1, 0.15) is 19.4 Å². The number of anilines is 1. The van der Waals surface area contributed by atoms with Crippen LogP contribution in [-0.4, -0.2) is 38.4 Å². The third-order valence-corrected chi connectivity index (χ3v) is 6.63. The van der Waals surface area contributed by atoms with Crippen LogP contribution in [0, 0.1) is 5.41 Å². The van der Waals surface area contributed by atoms with E-state index in [-0.39, 0.29) is 10.8 Å². The molecule has 2 aromatic rings. The van der Waals surface area contributed by atoms with Gasteiger partial charge in [-0.05, 0) is 36.8 Å².